The van der Waals surface area contributed by atoms with Crippen molar-refractivity contribution in [1.82, 2.24) is 25.1 Å². The zero-order chi connectivity index (χ0) is 29.5. The van der Waals surface area contributed by atoms with Gasteiger partial charge in [-0.1, -0.05) is 17.9 Å². The molecule has 0 radical (unpaired) electrons. The number of likely N-dealkylation sites (N-methyl/N-ethyl adjacent to an activating group) is 2. The summed E-state index contributed by atoms with van der Waals surface area (Å²) in [5, 5.41) is 9.36. The van der Waals surface area contributed by atoms with Gasteiger partial charge in [0.1, 0.15) is 11.6 Å². The second-order valence-electron chi connectivity index (χ2n) is 10.1. The van der Waals surface area contributed by atoms with E-state index in [9.17, 15) is 14.0 Å². The molecule has 1 aliphatic rings. The van der Waals surface area contributed by atoms with Crippen molar-refractivity contribution in [2.75, 3.05) is 71.2 Å². The number of benzene rings is 1. The first-order valence-electron chi connectivity index (χ1n) is 13.8. The molecule has 2 aromatic rings. The van der Waals surface area contributed by atoms with Crippen LogP contribution in [0.4, 0.5) is 21.8 Å². The van der Waals surface area contributed by atoms with Crippen molar-refractivity contribution in [2.24, 2.45) is 5.92 Å². The van der Waals surface area contributed by atoms with Crippen molar-refractivity contribution in [3.05, 3.63) is 54.0 Å². The standard InChI is InChI=1S/C30H40FN7O3/c1-37(2)17-7-9-28(40)38(3)22-27(39)32-16-6-4-5-8-24-21-34-30(35-26-12-10-25(31)11-13-26)36-29(24)33-20-23-14-18-41-19-15-23/h7,9-13,21,23H,4,6,14-20,22H2,1-3H3,(H,32,39)(H2,33,34,35,36). The largest absolute Gasteiger partial charge is 0.381 e. The molecule has 11 heteroatoms. The summed E-state index contributed by atoms with van der Waals surface area (Å²) in [6, 6.07) is 5.99. The molecule has 10 nitrogen and oxygen atoms in total. The van der Waals surface area contributed by atoms with Gasteiger partial charge in [-0.15, -0.1) is 0 Å². The first-order chi connectivity index (χ1) is 19.8. The van der Waals surface area contributed by atoms with E-state index in [1.54, 1.807) is 31.5 Å². The van der Waals surface area contributed by atoms with E-state index >= 15 is 0 Å². The minimum Gasteiger partial charge on any atom is -0.381 e. The van der Waals surface area contributed by atoms with Crippen LogP contribution in [0, 0.1) is 23.6 Å². The topological polar surface area (TPSA) is 112 Å². The molecule has 3 N–H and O–H groups in total. The lowest BCUT2D eigenvalue weighted by Crippen LogP contribution is -2.38. The third-order valence-electron chi connectivity index (χ3n) is 6.30. The molecule has 1 fully saturated rings. The number of hydrogen-bond acceptors (Lipinski definition) is 8. The number of nitrogens with one attached hydrogen (secondary N) is 3. The molecule has 0 aliphatic carbocycles. The van der Waals surface area contributed by atoms with Gasteiger partial charge in [-0.25, -0.2) is 9.37 Å². The fourth-order valence-corrected chi connectivity index (χ4v) is 3.93. The van der Waals surface area contributed by atoms with Crippen LogP contribution in [-0.4, -0.2) is 92.1 Å². The SMILES string of the molecule is CN(C)CC=CC(=O)N(C)CC(=O)NCCCC#Cc1cnc(Nc2ccc(F)cc2)nc1NCC1CCOCC1. The summed E-state index contributed by atoms with van der Waals surface area (Å²) in [5.41, 5.74) is 1.35. The van der Waals surface area contributed by atoms with Crippen molar-refractivity contribution in [1.29, 1.82) is 0 Å². The molecule has 1 aromatic heterocycles. The minimum absolute atomic E-state index is 0.00535. The minimum atomic E-state index is -0.313. The van der Waals surface area contributed by atoms with Crippen LogP contribution in [0.1, 0.15) is 31.2 Å². The summed E-state index contributed by atoms with van der Waals surface area (Å²) in [7, 11) is 5.43. The van der Waals surface area contributed by atoms with E-state index in [2.05, 4.69) is 37.8 Å². The molecule has 1 aromatic carbocycles. The van der Waals surface area contributed by atoms with E-state index in [0.717, 1.165) is 32.6 Å². The Hall–Kier alpha value is -4.01. The molecule has 0 unspecified atom stereocenters. The van der Waals surface area contributed by atoms with Gasteiger partial charge in [0.05, 0.1) is 18.3 Å². The van der Waals surface area contributed by atoms with Crippen molar-refractivity contribution >= 4 is 29.3 Å². The van der Waals surface area contributed by atoms with Crippen molar-refractivity contribution < 1.29 is 18.7 Å². The number of unbranched alkanes of at least 4 members (excludes halogenated alkanes) is 1. The highest BCUT2D eigenvalue weighted by Gasteiger charge is 2.15. The van der Waals surface area contributed by atoms with Crippen molar-refractivity contribution in [2.45, 2.75) is 25.7 Å². The van der Waals surface area contributed by atoms with Gasteiger partial charge in [-0.2, -0.15) is 4.98 Å². The summed E-state index contributed by atoms with van der Waals surface area (Å²) < 4.78 is 18.7. The quantitative estimate of drug-likeness (QED) is 0.193. The predicted octanol–water partition coefficient (Wildman–Crippen LogP) is 3.02. The highest BCUT2D eigenvalue weighted by atomic mass is 19.1. The highest BCUT2D eigenvalue weighted by molar-refractivity contribution is 5.91. The maximum Gasteiger partial charge on any atom is 0.246 e. The van der Waals surface area contributed by atoms with Crippen LogP contribution in [0.5, 0.6) is 0 Å². The number of aromatic nitrogens is 2. The maximum absolute atomic E-state index is 13.3. The number of amides is 2. The summed E-state index contributed by atoms with van der Waals surface area (Å²) >= 11 is 0. The van der Waals surface area contributed by atoms with E-state index in [1.807, 2.05) is 19.0 Å². The molecule has 2 amide bonds. The van der Waals surface area contributed by atoms with Gasteiger partial charge < -0.3 is 30.5 Å². The summed E-state index contributed by atoms with van der Waals surface area (Å²) in [4.78, 5) is 36.6. The van der Waals surface area contributed by atoms with Crippen LogP contribution >= 0.6 is 0 Å². The number of ether oxygens (including phenoxy) is 1. The number of carbonyl (C=O) groups is 2. The Morgan fingerprint density at radius 1 is 1.17 bits per heavy atom. The average molecular weight is 566 g/mol. The Morgan fingerprint density at radius 3 is 2.66 bits per heavy atom. The number of halogens is 1. The summed E-state index contributed by atoms with van der Waals surface area (Å²) in [6.07, 6.45) is 8.12. The Morgan fingerprint density at radius 2 is 1.93 bits per heavy atom. The maximum atomic E-state index is 13.3. The number of carbonyl (C=O) groups excluding carboxylic acids is 2. The second kappa shape index (κ2) is 16.9. The lowest BCUT2D eigenvalue weighted by Gasteiger charge is -2.22. The average Bonchev–Trinajstić information content (AvgIpc) is 2.96. The van der Waals surface area contributed by atoms with Crippen molar-refractivity contribution in [3.63, 3.8) is 0 Å². The lowest BCUT2D eigenvalue weighted by molar-refractivity contribution is -0.131. The zero-order valence-corrected chi connectivity index (χ0v) is 24.1. The van der Waals surface area contributed by atoms with E-state index in [4.69, 9.17) is 4.74 Å². The molecule has 0 spiro atoms. The van der Waals surface area contributed by atoms with Crippen LogP contribution in [0.15, 0.2) is 42.6 Å². The molecule has 220 valence electrons. The molecule has 2 heterocycles. The fourth-order valence-electron chi connectivity index (χ4n) is 3.93. The van der Waals surface area contributed by atoms with Gasteiger partial charge in [0.25, 0.3) is 0 Å². The van der Waals surface area contributed by atoms with E-state index < -0.39 is 0 Å². The van der Waals surface area contributed by atoms with Gasteiger partial charge in [0.15, 0.2) is 0 Å². The third kappa shape index (κ3) is 11.9. The molecular weight excluding hydrogens is 525 g/mol. The number of rotatable bonds is 13. The number of nitrogens with zero attached hydrogens (tertiary/aromatic N) is 4. The number of hydrogen-bond donors (Lipinski definition) is 3. The van der Waals surface area contributed by atoms with Crippen LogP contribution in [-0.2, 0) is 14.3 Å². The van der Waals surface area contributed by atoms with Crippen LogP contribution < -0.4 is 16.0 Å². The van der Waals surface area contributed by atoms with Gasteiger partial charge in [0, 0.05) is 58.1 Å². The van der Waals surface area contributed by atoms with E-state index in [-0.39, 0.29) is 24.2 Å². The first-order valence-corrected chi connectivity index (χ1v) is 13.8. The van der Waals surface area contributed by atoms with Gasteiger partial charge in [0.2, 0.25) is 17.8 Å². The first kappa shape index (κ1) is 31.5. The van der Waals surface area contributed by atoms with E-state index in [0.29, 0.717) is 54.9 Å². The molecular formula is C30H40FN7O3. The Balaban J connectivity index is 1.51. The molecule has 1 saturated heterocycles. The molecule has 0 atom stereocenters. The number of anilines is 3. The highest BCUT2D eigenvalue weighted by Crippen LogP contribution is 2.20. The summed E-state index contributed by atoms with van der Waals surface area (Å²) in [5.74, 6) is 7.04. The second-order valence-corrected chi connectivity index (χ2v) is 10.1. The van der Waals surface area contributed by atoms with Gasteiger partial charge in [-0.3, -0.25) is 9.59 Å². The van der Waals surface area contributed by atoms with Crippen LogP contribution in [0.25, 0.3) is 0 Å². The lowest BCUT2D eigenvalue weighted by atomic mass is 10.0. The molecule has 41 heavy (non-hydrogen) atoms. The molecule has 0 saturated carbocycles. The smallest absolute Gasteiger partial charge is 0.246 e. The zero-order valence-electron chi connectivity index (χ0n) is 24.1. The third-order valence-corrected chi connectivity index (χ3v) is 6.30. The predicted molar refractivity (Wildman–Crippen MR) is 158 cm³/mol. The van der Waals surface area contributed by atoms with Crippen LogP contribution in [0.3, 0.4) is 0 Å². The van der Waals surface area contributed by atoms with Crippen molar-refractivity contribution in [3.8, 4) is 11.8 Å². The molecule has 0 bridgehead atoms. The van der Waals surface area contributed by atoms with Gasteiger partial charge >= 0.3 is 0 Å². The van der Waals surface area contributed by atoms with Crippen LogP contribution in [0.2, 0.25) is 0 Å². The molecule has 1 aliphatic heterocycles. The van der Waals surface area contributed by atoms with Gasteiger partial charge in [-0.05, 0) is 63.5 Å². The summed E-state index contributed by atoms with van der Waals surface area (Å²) in [6.45, 7) is 3.38. The normalized spacial score (nSPS) is 13.5. The monoisotopic (exact) mass is 565 g/mol. The Kier molecular flexibility index (Phi) is 13.0. The fraction of sp³-hybridized carbons (Fsp3) is 0.467. The van der Waals surface area contributed by atoms with E-state index in [1.165, 1.54) is 23.1 Å². The Bertz CT molecular complexity index is 1220. The molecule has 3 rings (SSSR count). The Labute approximate surface area is 241 Å².